The van der Waals surface area contributed by atoms with Gasteiger partial charge in [-0.25, -0.2) is 14.6 Å². The van der Waals surface area contributed by atoms with Gasteiger partial charge in [-0.2, -0.15) is 15.0 Å². The predicted octanol–water partition coefficient (Wildman–Crippen LogP) is 2.33. The van der Waals surface area contributed by atoms with Crippen LogP contribution in [0.25, 0.3) is 28.1 Å². The summed E-state index contributed by atoms with van der Waals surface area (Å²) in [5.41, 5.74) is 3.14. The third kappa shape index (κ3) is 4.24. The maximum absolute atomic E-state index is 11.7. The maximum Gasteiger partial charge on any atom is 0.327 e. The minimum Gasteiger partial charge on any atom is -0.465 e. The number of hydrogen-bond acceptors (Lipinski definition) is 9. The SMILES string of the molecule is CCOC(=O)Cn1cc(-c2cnc(-n3ncc4cc(C#N)cnc43)cc2NC(C)C)nn1. The van der Waals surface area contributed by atoms with E-state index in [4.69, 9.17) is 10.00 Å². The van der Waals surface area contributed by atoms with E-state index in [2.05, 4.69) is 36.8 Å². The van der Waals surface area contributed by atoms with Gasteiger partial charge in [-0.15, -0.1) is 5.10 Å². The van der Waals surface area contributed by atoms with Crippen LogP contribution in [0.5, 0.6) is 0 Å². The van der Waals surface area contributed by atoms with Gasteiger partial charge >= 0.3 is 5.97 Å². The standard InChI is InChI=1S/C21H21N9O2/c1-4-32-20(31)12-29-11-18(27-28-29)16-10-23-19(6-17(16)26-13(2)3)30-21-15(9-25-30)5-14(7-22)8-24-21/h5-6,8-11,13H,4,12H2,1-3H3,(H,23,26). The van der Waals surface area contributed by atoms with Gasteiger partial charge in [0.2, 0.25) is 0 Å². The monoisotopic (exact) mass is 431 g/mol. The average molecular weight is 431 g/mol. The smallest absolute Gasteiger partial charge is 0.327 e. The molecular formula is C21H21N9O2. The van der Waals surface area contributed by atoms with Crippen molar-refractivity contribution in [3.63, 3.8) is 0 Å². The van der Waals surface area contributed by atoms with Crippen molar-refractivity contribution in [1.29, 1.82) is 5.26 Å². The largest absolute Gasteiger partial charge is 0.465 e. The molecule has 0 atom stereocenters. The van der Waals surface area contributed by atoms with Gasteiger partial charge in [0.15, 0.2) is 11.5 Å². The Morgan fingerprint density at radius 2 is 2.09 bits per heavy atom. The van der Waals surface area contributed by atoms with Gasteiger partial charge in [0.1, 0.15) is 18.3 Å². The molecule has 0 saturated heterocycles. The van der Waals surface area contributed by atoms with Gasteiger partial charge < -0.3 is 10.1 Å². The third-order valence-corrected chi connectivity index (χ3v) is 4.50. The topological polar surface area (TPSA) is 136 Å². The van der Waals surface area contributed by atoms with E-state index in [-0.39, 0.29) is 18.6 Å². The normalized spacial score (nSPS) is 11.0. The number of anilines is 1. The fourth-order valence-corrected chi connectivity index (χ4v) is 3.18. The van der Waals surface area contributed by atoms with Crippen LogP contribution in [0.3, 0.4) is 0 Å². The van der Waals surface area contributed by atoms with E-state index in [1.807, 2.05) is 19.9 Å². The van der Waals surface area contributed by atoms with E-state index in [0.717, 1.165) is 16.6 Å². The summed E-state index contributed by atoms with van der Waals surface area (Å²) in [4.78, 5) is 20.6. The summed E-state index contributed by atoms with van der Waals surface area (Å²) in [6.45, 7) is 6.09. The Bertz CT molecular complexity index is 1320. The number of aromatic nitrogens is 7. The molecular weight excluding hydrogens is 410 g/mol. The molecule has 4 heterocycles. The molecule has 0 aliphatic rings. The summed E-state index contributed by atoms with van der Waals surface area (Å²) in [7, 11) is 0. The molecule has 0 aliphatic carbocycles. The second kappa shape index (κ2) is 8.81. The number of pyridine rings is 2. The number of nitrogens with one attached hydrogen (secondary N) is 1. The number of nitriles is 1. The lowest BCUT2D eigenvalue weighted by atomic mass is 10.1. The van der Waals surface area contributed by atoms with E-state index in [9.17, 15) is 4.79 Å². The Morgan fingerprint density at radius 3 is 2.84 bits per heavy atom. The van der Waals surface area contributed by atoms with E-state index in [1.54, 1.807) is 36.3 Å². The van der Waals surface area contributed by atoms with Crippen LogP contribution in [0.2, 0.25) is 0 Å². The second-order valence-corrected chi connectivity index (χ2v) is 7.30. The molecule has 0 spiro atoms. The first-order valence-corrected chi connectivity index (χ1v) is 10.1. The zero-order valence-electron chi connectivity index (χ0n) is 17.8. The molecule has 4 aromatic heterocycles. The van der Waals surface area contributed by atoms with Crippen LogP contribution in [-0.2, 0) is 16.1 Å². The molecule has 0 aromatic carbocycles. The summed E-state index contributed by atoms with van der Waals surface area (Å²) in [6.07, 6.45) is 6.50. The summed E-state index contributed by atoms with van der Waals surface area (Å²) in [5, 5.41) is 25.8. The molecule has 1 N–H and O–H groups in total. The quantitative estimate of drug-likeness (QED) is 0.437. The molecule has 0 amide bonds. The van der Waals surface area contributed by atoms with Crippen molar-refractivity contribution >= 4 is 22.7 Å². The molecule has 0 radical (unpaired) electrons. The van der Waals surface area contributed by atoms with Gasteiger partial charge in [0.05, 0.1) is 24.6 Å². The van der Waals surface area contributed by atoms with Crippen molar-refractivity contribution in [2.45, 2.75) is 33.4 Å². The second-order valence-electron chi connectivity index (χ2n) is 7.30. The van der Waals surface area contributed by atoms with Gasteiger partial charge in [0.25, 0.3) is 0 Å². The molecule has 0 bridgehead atoms. The Kier molecular flexibility index (Phi) is 5.76. The lowest BCUT2D eigenvalue weighted by Crippen LogP contribution is -2.13. The number of rotatable bonds is 7. The fourth-order valence-electron chi connectivity index (χ4n) is 3.18. The molecule has 0 aliphatic heterocycles. The van der Waals surface area contributed by atoms with Crippen molar-refractivity contribution in [3.8, 4) is 23.1 Å². The molecule has 32 heavy (non-hydrogen) atoms. The van der Waals surface area contributed by atoms with Crippen molar-refractivity contribution in [2.75, 3.05) is 11.9 Å². The number of hydrogen-bond donors (Lipinski definition) is 1. The van der Waals surface area contributed by atoms with Gasteiger partial charge in [-0.05, 0) is 26.8 Å². The van der Waals surface area contributed by atoms with Gasteiger partial charge in [-0.1, -0.05) is 5.21 Å². The zero-order chi connectivity index (χ0) is 22.7. The van der Waals surface area contributed by atoms with Crippen LogP contribution in [0.15, 0.2) is 36.9 Å². The van der Waals surface area contributed by atoms with E-state index < -0.39 is 0 Å². The minimum atomic E-state index is -0.379. The van der Waals surface area contributed by atoms with E-state index >= 15 is 0 Å². The molecule has 0 fully saturated rings. The Balaban J connectivity index is 1.71. The van der Waals surface area contributed by atoms with Gasteiger partial charge in [-0.3, -0.25) is 4.79 Å². The summed E-state index contributed by atoms with van der Waals surface area (Å²) < 4.78 is 8.00. The summed E-state index contributed by atoms with van der Waals surface area (Å²) in [6, 6.07) is 5.80. The summed E-state index contributed by atoms with van der Waals surface area (Å²) in [5.74, 6) is 0.179. The zero-order valence-corrected chi connectivity index (χ0v) is 17.8. The highest BCUT2D eigenvalue weighted by molar-refractivity contribution is 5.79. The summed E-state index contributed by atoms with van der Waals surface area (Å²) >= 11 is 0. The minimum absolute atomic E-state index is 0.0189. The molecule has 162 valence electrons. The van der Waals surface area contributed by atoms with Crippen molar-refractivity contribution < 1.29 is 9.53 Å². The van der Waals surface area contributed by atoms with Crippen molar-refractivity contribution in [2.24, 2.45) is 0 Å². The maximum atomic E-state index is 11.7. The number of nitrogens with zero attached hydrogens (tertiary/aromatic N) is 8. The molecule has 11 heteroatoms. The van der Waals surface area contributed by atoms with E-state index in [1.165, 1.54) is 10.9 Å². The number of esters is 1. The number of carbonyl (C=O) groups excluding carboxylic acids is 1. The van der Waals surface area contributed by atoms with Gasteiger partial charge in [0, 0.05) is 41.1 Å². The van der Waals surface area contributed by atoms with Crippen LogP contribution in [0.4, 0.5) is 5.69 Å². The predicted molar refractivity (Wildman–Crippen MR) is 116 cm³/mol. The molecule has 0 unspecified atom stereocenters. The Labute approximate surface area is 183 Å². The van der Waals surface area contributed by atoms with Crippen molar-refractivity contribution in [1.82, 2.24) is 34.7 Å². The fraction of sp³-hybridized carbons (Fsp3) is 0.286. The highest BCUT2D eigenvalue weighted by Gasteiger charge is 2.16. The number of ether oxygens (including phenoxy) is 1. The molecule has 0 saturated carbocycles. The van der Waals surface area contributed by atoms with E-state index in [0.29, 0.717) is 29.3 Å². The first-order chi connectivity index (χ1) is 15.5. The molecule has 11 nitrogen and oxygen atoms in total. The number of fused-ring (bicyclic) bond motifs is 1. The van der Waals surface area contributed by atoms with Crippen LogP contribution >= 0.6 is 0 Å². The lowest BCUT2D eigenvalue weighted by molar-refractivity contribution is -0.144. The lowest BCUT2D eigenvalue weighted by Gasteiger charge is -2.14. The van der Waals surface area contributed by atoms with Crippen LogP contribution < -0.4 is 5.32 Å². The average Bonchev–Trinajstić information content (AvgIpc) is 3.40. The first-order valence-electron chi connectivity index (χ1n) is 10.1. The highest BCUT2D eigenvalue weighted by Crippen LogP contribution is 2.28. The molecule has 4 rings (SSSR count). The first kappa shape index (κ1) is 20.9. The van der Waals surface area contributed by atoms with Crippen molar-refractivity contribution in [3.05, 3.63) is 42.5 Å². The van der Waals surface area contributed by atoms with Crippen LogP contribution in [-0.4, -0.2) is 53.4 Å². The Hall–Kier alpha value is -4.33. The highest BCUT2D eigenvalue weighted by atomic mass is 16.5. The van der Waals surface area contributed by atoms with Crippen LogP contribution in [0, 0.1) is 11.3 Å². The third-order valence-electron chi connectivity index (χ3n) is 4.50. The molecule has 4 aromatic rings. The Morgan fingerprint density at radius 1 is 1.25 bits per heavy atom. The number of carbonyl (C=O) groups is 1. The van der Waals surface area contributed by atoms with Crippen LogP contribution in [0.1, 0.15) is 26.3 Å².